The van der Waals surface area contributed by atoms with Crippen molar-refractivity contribution >= 4 is 34.7 Å². The maximum Gasteiger partial charge on any atom is 0.354 e. The maximum absolute atomic E-state index is 13.1. The quantitative estimate of drug-likeness (QED) is 0.519. The Bertz CT molecular complexity index is 834. The minimum Gasteiger partial charge on any atom is -0.466 e. The van der Waals surface area contributed by atoms with Crippen LogP contribution in [-0.4, -0.2) is 68.4 Å². The highest BCUT2D eigenvalue weighted by Gasteiger charge is 2.55. The minimum absolute atomic E-state index is 0.0692. The molecule has 9 heteroatoms. The van der Waals surface area contributed by atoms with Gasteiger partial charge in [-0.1, -0.05) is 42.1 Å². The molecule has 1 atom stereocenters. The second kappa shape index (κ2) is 9.03. The van der Waals surface area contributed by atoms with Crippen LogP contribution in [0.15, 0.2) is 45.8 Å². The smallest absolute Gasteiger partial charge is 0.354 e. The van der Waals surface area contributed by atoms with Crippen molar-refractivity contribution < 1.29 is 28.6 Å². The van der Waals surface area contributed by atoms with Crippen molar-refractivity contribution in [1.82, 2.24) is 4.90 Å². The van der Waals surface area contributed by atoms with E-state index in [0.717, 1.165) is 18.9 Å². The van der Waals surface area contributed by atoms with E-state index in [4.69, 9.17) is 14.2 Å². The fourth-order valence-electron chi connectivity index (χ4n) is 2.70. The fraction of sp³-hybridized carbons (Fsp3) is 0.368. The number of thioether (sulfide) groups is 1. The minimum atomic E-state index is -1.90. The van der Waals surface area contributed by atoms with Gasteiger partial charge in [0.2, 0.25) is 5.66 Å². The maximum atomic E-state index is 13.1. The third-order valence-corrected chi connectivity index (χ3v) is 5.12. The Labute approximate surface area is 167 Å². The van der Waals surface area contributed by atoms with Gasteiger partial charge in [-0.15, -0.1) is 0 Å². The summed E-state index contributed by atoms with van der Waals surface area (Å²) in [5.41, 5.74) is -1.47. The fourth-order valence-corrected chi connectivity index (χ4v) is 3.81. The Hall–Kier alpha value is -2.65. The second-order valence-electron chi connectivity index (χ2n) is 5.86. The van der Waals surface area contributed by atoms with Crippen molar-refractivity contribution in [3.63, 3.8) is 0 Å². The molecular weight excluding hydrogens is 384 g/mol. The third-order valence-electron chi connectivity index (χ3n) is 4.03. The van der Waals surface area contributed by atoms with Gasteiger partial charge in [-0.3, -0.25) is 4.90 Å². The number of ether oxygens (including phenoxy) is 3. The van der Waals surface area contributed by atoms with Crippen molar-refractivity contribution in [1.29, 1.82) is 0 Å². The molecule has 1 aliphatic rings. The predicted molar refractivity (Wildman–Crippen MR) is 105 cm³/mol. The third kappa shape index (κ3) is 3.81. The molecule has 0 spiro atoms. The van der Waals surface area contributed by atoms with E-state index in [1.165, 1.54) is 12.0 Å². The zero-order valence-electron chi connectivity index (χ0n) is 16.3. The topological polar surface area (TPSA) is 94.5 Å². The van der Waals surface area contributed by atoms with Crippen molar-refractivity contribution in [3.05, 3.63) is 46.4 Å². The van der Waals surface area contributed by atoms with E-state index in [9.17, 15) is 14.4 Å². The first kappa shape index (κ1) is 21.6. The Balaban J connectivity index is 2.86. The van der Waals surface area contributed by atoms with Crippen molar-refractivity contribution in [2.45, 2.75) is 12.6 Å². The number of esters is 3. The number of carbonyl (C=O) groups is 3. The van der Waals surface area contributed by atoms with E-state index in [1.54, 1.807) is 45.3 Å². The predicted octanol–water partition coefficient (Wildman–Crippen LogP) is 1.60. The summed E-state index contributed by atoms with van der Waals surface area (Å²) in [4.78, 5) is 44.2. The Kier molecular flexibility index (Phi) is 6.98. The van der Waals surface area contributed by atoms with Gasteiger partial charge in [0.25, 0.3) is 0 Å². The molecule has 0 N–H and O–H groups in total. The lowest BCUT2D eigenvalue weighted by molar-refractivity contribution is -0.156. The summed E-state index contributed by atoms with van der Waals surface area (Å²) >= 11 is 0.944. The van der Waals surface area contributed by atoms with E-state index >= 15 is 0 Å². The van der Waals surface area contributed by atoms with Gasteiger partial charge in [-0.2, -0.15) is 0 Å². The van der Waals surface area contributed by atoms with E-state index < -0.39 is 23.6 Å². The van der Waals surface area contributed by atoms with Crippen LogP contribution >= 0.6 is 11.8 Å². The molecule has 1 heterocycles. The molecule has 1 aliphatic heterocycles. The van der Waals surface area contributed by atoms with Crippen molar-refractivity contribution in [3.8, 4) is 0 Å². The molecule has 0 bridgehead atoms. The molecule has 0 fully saturated rings. The summed E-state index contributed by atoms with van der Waals surface area (Å²) in [6.45, 7) is 1.71. The van der Waals surface area contributed by atoms with Gasteiger partial charge < -0.3 is 14.2 Å². The van der Waals surface area contributed by atoms with Crippen LogP contribution in [0.5, 0.6) is 0 Å². The summed E-state index contributed by atoms with van der Waals surface area (Å²) in [6, 6.07) is 9.01. The van der Waals surface area contributed by atoms with E-state index in [0.29, 0.717) is 10.6 Å². The first-order valence-electron chi connectivity index (χ1n) is 8.42. The lowest BCUT2D eigenvalue weighted by Crippen LogP contribution is -2.56. The summed E-state index contributed by atoms with van der Waals surface area (Å²) in [5, 5.41) is 0.371. The molecule has 1 aromatic carbocycles. The van der Waals surface area contributed by atoms with Crippen LogP contribution in [0, 0.1) is 0 Å². The highest BCUT2D eigenvalue weighted by molar-refractivity contribution is 8.18. The lowest BCUT2D eigenvalue weighted by Gasteiger charge is -2.38. The van der Waals surface area contributed by atoms with Crippen LogP contribution in [-0.2, 0) is 28.6 Å². The summed E-state index contributed by atoms with van der Waals surface area (Å²) in [5.74, 6) is -2.44. The van der Waals surface area contributed by atoms with E-state index in [2.05, 4.69) is 4.99 Å². The SMILES string of the molecule is CCOC(=O)C1(N(C)C)N=C(c2ccccc2)SC(C(=O)OC)=C1C(=O)OC. The zero-order valence-corrected chi connectivity index (χ0v) is 17.2. The van der Waals surface area contributed by atoms with Crippen LogP contribution in [0.25, 0.3) is 0 Å². The van der Waals surface area contributed by atoms with Crippen LogP contribution in [0.3, 0.4) is 0 Å². The summed E-state index contributed by atoms with van der Waals surface area (Å²) in [7, 11) is 5.49. The Morgan fingerprint density at radius 3 is 2.18 bits per heavy atom. The van der Waals surface area contributed by atoms with Gasteiger partial charge in [0.05, 0.1) is 20.8 Å². The number of hydrogen-bond donors (Lipinski definition) is 0. The van der Waals surface area contributed by atoms with Gasteiger partial charge >= 0.3 is 17.9 Å². The molecule has 8 nitrogen and oxygen atoms in total. The molecule has 0 saturated carbocycles. The Morgan fingerprint density at radius 2 is 1.68 bits per heavy atom. The van der Waals surface area contributed by atoms with Crippen LogP contribution in [0.2, 0.25) is 0 Å². The molecule has 2 rings (SSSR count). The molecule has 0 aromatic heterocycles. The van der Waals surface area contributed by atoms with E-state index in [-0.39, 0.29) is 17.1 Å². The van der Waals surface area contributed by atoms with Crippen molar-refractivity contribution in [2.75, 3.05) is 34.9 Å². The van der Waals surface area contributed by atoms with Gasteiger partial charge in [0.15, 0.2) is 0 Å². The molecule has 0 amide bonds. The largest absolute Gasteiger partial charge is 0.466 e. The number of benzene rings is 1. The molecule has 28 heavy (non-hydrogen) atoms. The van der Waals surface area contributed by atoms with Crippen LogP contribution in [0.4, 0.5) is 0 Å². The summed E-state index contributed by atoms with van der Waals surface area (Å²) in [6.07, 6.45) is 0. The van der Waals surface area contributed by atoms with Crippen LogP contribution < -0.4 is 0 Å². The monoisotopic (exact) mass is 406 g/mol. The number of hydrogen-bond acceptors (Lipinski definition) is 9. The average molecular weight is 406 g/mol. The van der Waals surface area contributed by atoms with Crippen molar-refractivity contribution in [2.24, 2.45) is 4.99 Å². The summed E-state index contributed by atoms with van der Waals surface area (Å²) < 4.78 is 15.0. The number of aliphatic imine (C=N–C) groups is 1. The van der Waals surface area contributed by atoms with Gasteiger partial charge in [-0.25, -0.2) is 19.4 Å². The molecular formula is C19H22N2O6S. The highest BCUT2D eigenvalue weighted by Crippen LogP contribution is 2.41. The second-order valence-corrected chi connectivity index (χ2v) is 6.86. The van der Waals surface area contributed by atoms with Gasteiger partial charge in [0.1, 0.15) is 15.5 Å². The number of rotatable bonds is 6. The Morgan fingerprint density at radius 1 is 1.07 bits per heavy atom. The first-order valence-corrected chi connectivity index (χ1v) is 9.24. The molecule has 150 valence electrons. The molecule has 1 aromatic rings. The number of likely N-dealkylation sites (N-methyl/N-ethyl adjacent to an activating group) is 1. The molecule has 0 radical (unpaired) electrons. The zero-order chi connectivity index (χ0) is 20.9. The normalized spacial score (nSPS) is 19.1. The van der Waals surface area contributed by atoms with E-state index in [1.807, 2.05) is 6.07 Å². The number of nitrogens with zero attached hydrogens (tertiary/aromatic N) is 2. The average Bonchev–Trinajstić information content (AvgIpc) is 2.72. The number of methoxy groups -OCH3 is 2. The van der Waals surface area contributed by atoms with Gasteiger partial charge in [0, 0.05) is 5.56 Å². The first-order chi connectivity index (χ1) is 13.3. The van der Waals surface area contributed by atoms with Crippen LogP contribution in [0.1, 0.15) is 12.5 Å². The standard InChI is InChI=1S/C19H22N2O6S/c1-6-27-18(24)19(21(2)3)13(16(22)25-4)14(17(23)26-5)28-15(20-19)12-10-8-7-9-11-12/h7-11H,6H2,1-5H3. The lowest BCUT2D eigenvalue weighted by atomic mass is 9.96. The van der Waals surface area contributed by atoms with Gasteiger partial charge in [-0.05, 0) is 21.0 Å². The molecule has 0 aliphatic carbocycles. The molecule has 0 saturated heterocycles. The molecule has 1 unspecified atom stereocenters. The number of carbonyl (C=O) groups excluding carboxylic acids is 3. The highest BCUT2D eigenvalue weighted by atomic mass is 32.2.